The van der Waals surface area contributed by atoms with Gasteiger partial charge in [0.15, 0.2) is 11.9 Å². The predicted molar refractivity (Wildman–Crippen MR) is 88.8 cm³/mol. The molecule has 4 rings (SSSR count). The van der Waals surface area contributed by atoms with Gasteiger partial charge in [0, 0.05) is 5.56 Å². The van der Waals surface area contributed by atoms with E-state index >= 15 is 0 Å². The number of imidazole rings is 1. The average Bonchev–Trinajstić information content (AvgIpc) is 3.22. The molecule has 0 amide bonds. The zero-order chi connectivity index (χ0) is 20.1. The maximum absolute atomic E-state index is 12.8. The summed E-state index contributed by atoms with van der Waals surface area (Å²) >= 11 is 0. The van der Waals surface area contributed by atoms with Crippen LogP contribution in [0.15, 0.2) is 36.9 Å². The number of hydrogen-bond acceptors (Lipinski definition) is 7. The Bertz CT molecular complexity index is 992. The van der Waals surface area contributed by atoms with Crippen molar-refractivity contribution in [2.24, 2.45) is 0 Å². The fourth-order valence-corrected chi connectivity index (χ4v) is 3.18. The number of alkyl halides is 3. The first-order valence-corrected chi connectivity index (χ1v) is 8.29. The van der Waals surface area contributed by atoms with Crippen LogP contribution in [0.5, 0.6) is 0 Å². The number of hydrogen-bond donors (Lipinski definition) is 3. The fraction of sp³-hybridized carbons (Fsp3) is 0.353. The minimum atomic E-state index is -4.44. The molecular weight excluding hydrogens is 381 g/mol. The minimum Gasteiger partial charge on any atom is -0.394 e. The summed E-state index contributed by atoms with van der Waals surface area (Å²) in [5, 5.41) is 29.4. The molecule has 1 aromatic carbocycles. The van der Waals surface area contributed by atoms with Crippen molar-refractivity contribution in [1.82, 2.24) is 19.5 Å². The Morgan fingerprint density at radius 2 is 1.75 bits per heavy atom. The predicted octanol–water partition coefficient (Wildman–Crippen LogP) is 1.12. The summed E-state index contributed by atoms with van der Waals surface area (Å²) in [4.78, 5) is 12.4. The average molecular weight is 396 g/mol. The molecule has 0 unspecified atom stereocenters. The molecule has 1 aliphatic heterocycles. The molecule has 148 valence electrons. The van der Waals surface area contributed by atoms with E-state index in [2.05, 4.69) is 15.0 Å². The first-order valence-electron chi connectivity index (χ1n) is 8.29. The molecule has 3 N–H and O–H groups in total. The molecule has 4 atom stereocenters. The van der Waals surface area contributed by atoms with Gasteiger partial charge in [0.1, 0.15) is 35.8 Å². The number of aliphatic hydroxyl groups is 3. The van der Waals surface area contributed by atoms with Crippen molar-refractivity contribution < 1.29 is 33.2 Å². The zero-order valence-electron chi connectivity index (χ0n) is 14.2. The summed E-state index contributed by atoms with van der Waals surface area (Å²) in [5.74, 6) is 0. The van der Waals surface area contributed by atoms with Crippen LogP contribution in [0.2, 0.25) is 0 Å². The van der Waals surface area contributed by atoms with E-state index in [1.165, 1.54) is 29.4 Å². The number of halogens is 3. The Kier molecular flexibility index (Phi) is 4.54. The molecule has 0 radical (unpaired) electrons. The van der Waals surface area contributed by atoms with Gasteiger partial charge < -0.3 is 20.1 Å². The molecule has 1 aliphatic rings. The van der Waals surface area contributed by atoms with Crippen LogP contribution >= 0.6 is 0 Å². The third-order valence-corrected chi connectivity index (χ3v) is 4.64. The SMILES string of the molecule is OC[C@H]1O[C@@H](n2cnc3c(-c4ccc(C(F)(F)F)cc4)ncnc32)[C@H](O)[C@@H]1O. The topological polar surface area (TPSA) is 114 Å². The van der Waals surface area contributed by atoms with Gasteiger partial charge in [-0.25, -0.2) is 15.0 Å². The second-order valence-corrected chi connectivity index (χ2v) is 6.35. The van der Waals surface area contributed by atoms with Gasteiger partial charge >= 0.3 is 6.18 Å². The summed E-state index contributed by atoms with van der Waals surface area (Å²) < 4.78 is 45.1. The Hall–Kier alpha value is -2.60. The van der Waals surface area contributed by atoms with Crippen LogP contribution in [0, 0.1) is 0 Å². The minimum absolute atomic E-state index is 0.264. The number of benzene rings is 1. The maximum Gasteiger partial charge on any atom is 0.416 e. The van der Waals surface area contributed by atoms with Crippen LogP contribution in [0.25, 0.3) is 22.4 Å². The first kappa shape index (κ1) is 18.7. The second-order valence-electron chi connectivity index (χ2n) is 6.35. The van der Waals surface area contributed by atoms with Gasteiger partial charge in [-0.15, -0.1) is 0 Å². The highest BCUT2D eigenvalue weighted by molar-refractivity contribution is 5.87. The van der Waals surface area contributed by atoms with E-state index in [4.69, 9.17) is 4.74 Å². The lowest BCUT2D eigenvalue weighted by Gasteiger charge is -2.16. The molecule has 0 saturated carbocycles. The molecule has 0 spiro atoms. The Balaban J connectivity index is 1.74. The number of ether oxygens (including phenoxy) is 1. The molecule has 3 aromatic rings. The molecular formula is C17H15F3N4O4. The van der Waals surface area contributed by atoms with E-state index in [-0.39, 0.29) is 5.65 Å². The van der Waals surface area contributed by atoms with E-state index < -0.39 is 42.9 Å². The number of nitrogens with zero attached hydrogens (tertiary/aromatic N) is 4. The van der Waals surface area contributed by atoms with E-state index in [9.17, 15) is 28.5 Å². The van der Waals surface area contributed by atoms with Gasteiger partial charge in [-0.1, -0.05) is 12.1 Å². The third kappa shape index (κ3) is 3.02. The number of aliphatic hydroxyl groups excluding tert-OH is 3. The lowest BCUT2D eigenvalue weighted by molar-refractivity contribution is -0.137. The van der Waals surface area contributed by atoms with Crippen LogP contribution < -0.4 is 0 Å². The van der Waals surface area contributed by atoms with E-state index in [0.717, 1.165) is 12.1 Å². The van der Waals surface area contributed by atoms with Crippen molar-refractivity contribution in [2.75, 3.05) is 6.61 Å². The van der Waals surface area contributed by atoms with Gasteiger partial charge in [-0.3, -0.25) is 4.57 Å². The van der Waals surface area contributed by atoms with Crippen LogP contribution in [-0.4, -0.2) is 59.8 Å². The molecule has 8 nitrogen and oxygen atoms in total. The molecule has 1 saturated heterocycles. The number of aromatic nitrogens is 4. The zero-order valence-corrected chi connectivity index (χ0v) is 14.2. The molecule has 2 aromatic heterocycles. The quantitative estimate of drug-likeness (QED) is 0.608. The van der Waals surface area contributed by atoms with Crippen LogP contribution in [0.3, 0.4) is 0 Å². The maximum atomic E-state index is 12.8. The van der Waals surface area contributed by atoms with E-state index in [0.29, 0.717) is 16.8 Å². The molecule has 0 bridgehead atoms. The van der Waals surface area contributed by atoms with Crippen molar-refractivity contribution in [2.45, 2.75) is 30.7 Å². The van der Waals surface area contributed by atoms with E-state index in [1.54, 1.807) is 0 Å². The largest absolute Gasteiger partial charge is 0.416 e. The van der Waals surface area contributed by atoms with Crippen molar-refractivity contribution in [3.8, 4) is 11.3 Å². The van der Waals surface area contributed by atoms with Crippen LogP contribution in [-0.2, 0) is 10.9 Å². The Labute approximate surface area is 155 Å². The summed E-state index contributed by atoms with van der Waals surface area (Å²) in [5.41, 5.74) is 0.495. The van der Waals surface area contributed by atoms with Gasteiger partial charge in [0.2, 0.25) is 0 Å². The van der Waals surface area contributed by atoms with Gasteiger partial charge in [-0.2, -0.15) is 13.2 Å². The van der Waals surface area contributed by atoms with E-state index in [1.807, 2.05) is 0 Å². The molecule has 11 heteroatoms. The summed E-state index contributed by atoms with van der Waals surface area (Å²) in [6.07, 6.45) is -6.51. The normalized spacial score (nSPS) is 25.5. The lowest BCUT2D eigenvalue weighted by Crippen LogP contribution is -2.33. The smallest absolute Gasteiger partial charge is 0.394 e. The lowest BCUT2D eigenvalue weighted by atomic mass is 10.1. The Morgan fingerprint density at radius 1 is 1.04 bits per heavy atom. The van der Waals surface area contributed by atoms with Crippen molar-refractivity contribution in [3.05, 3.63) is 42.5 Å². The van der Waals surface area contributed by atoms with Crippen molar-refractivity contribution in [1.29, 1.82) is 0 Å². The highest BCUT2D eigenvalue weighted by Crippen LogP contribution is 2.34. The molecule has 3 heterocycles. The third-order valence-electron chi connectivity index (χ3n) is 4.64. The Morgan fingerprint density at radius 3 is 2.36 bits per heavy atom. The first-order chi connectivity index (χ1) is 13.3. The summed E-state index contributed by atoms with van der Waals surface area (Å²) in [6.45, 7) is -0.479. The molecule has 1 fully saturated rings. The number of fused-ring (bicyclic) bond motifs is 1. The van der Waals surface area contributed by atoms with Crippen LogP contribution in [0.4, 0.5) is 13.2 Å². The van der Waals surface area contributed by atoms with Crippen molar-refractivity contribution >= 4 is 11.2 Å². The highest BCUT2D eigenvalue weighted by Gasteiger charge is 2.44. The summed E-state index contributed by atoms with van der Waals surface area (Å²) in [7, 11) is 0. The standard InChI is InChI=1S/C17H15F3N4O4/c18-17(19,20)9-3-1-8(2-4-9)11-12-15(22-6-21-11)24(7-23-12)16-14(27)13(26)10(5-25)28-16/h1-4,6-7,10,13-14,16,25-27H,5H2/t10-,13-,14-,16-/m1/s1. The number of rotatable bonds is 3. The molecule has 28 heavy (non-hydrogen) atoms. The van der Waals surface area contributed by atoms with Gasteiger partial charge in [0.25, 0.3) is 0 Å². The monoisotopic (exact) mass is 396 g/mol. The van der Waals surface area contributed by atoms with Crippen LogP contribution in [0.1, 0.15) is 11.8 Å². The fourth-order valence-electron chi connectivity index (χ4n) is 3.18. The molecule has 0 aliphatic carbocycles. The summed E-state index contributed by atoms with van der Waals surface area (Å²) in [6, 6.07) is 4.48. The second kappa shape index (κ2) is 6.78. The van der Waals surface area contributed by atoms with Crippen molar-refractivity contribution in [3.63, 3.8) is 0 Å². The van der Waals surface area contributed by atoms with Gasteiger partial charge in [-0.05, 0) is 12.1 Å². The highest BCUT2D eigenvalue weighted by atomic mass is 19.4. The van der Waals surface area contributed by atoms with Gasteiger partial charge in [0.05, 0.1) is 18.5 Å².